The molecule has 2 nitrogen and oxygen atoms in total. The molecule has 2 rings (SSSR count). The third-order valence-corrected chi connectivity index (χ3v) is 3.76. The number of aliphatic hydroxyl groups is 1. The number of allylic oxidation sites excluding steroid dienone is 1. The molecule has 0 amide bonds. The van der Waals surface area contributed by atoms with E-state index in [0.29, 0.717) is 5.70 Å². The summed E-state index contributed by atoms with van der Waals surface area (Å²) in [4.78, 5) is 0.951. The molecule has 1 aromatic carbocycles. The van der Waals surface area contributed by atoms with Crippen molar-refractivity contribution in [3.8, 4) is 0 Å². The highest BCUT2D eigenvalue weighted by molar-refractivity contribution is 7.20. The molecule has 0 spiro atoms. The molecule has 0 aliphatic heterocycles. The summed E-state index contributed by atoms with van der Waals surface area (Å²) >= 11 is 7.22. The third-order valence-electron chi connectivity index (χ3n) is 2.50. The smallest absolute Gasteiger partial charge is 0.113 e. The van der Waals surface area contributed by atoms with Gasteiger partial charge in [0.15, 0.2) is 0 Å². The first kappa shape index (κ1) is 12.0. The Balaban J connectivity index is 2.82. The Morgan fingerprint density at radius 1 is 1.41 bits per heavy atom. The molecule has 1 aromatic heterocycles. The highest BCUT2D eigenvalue weighted by atomic mass is 35.5. The van der Waals surface area contributed by atoms with Gasteiger partial charge < -0.3 is 10.8 Å². The minimum absolute atomic E-state index is 0.123. The molecule has 0 aliphatic rings. The van der Waals surface area contributed by atoms with Gasteiger partial charge in [-0.3, -0.25) is 0 Å². The van der Waals surface area contributed by atoms with Crippen LogP contribution < -0.4 is 5.73 Å². The molecular weight excluding hydrogens is 254 g/mol. The maximum absolute atomic E-state index is 9.55. The van der Waals surface area contributed by atoms with E-state index in [1.165, 1.54) is 5.54 Å². The highest BCUT2D eigenvalue weighted by Crippen LogP contribution is 2.35. The second kappa shape index (κ2) is 4.82. The molecule has 0 saturated heterocycles. The predicted molar refractivity (Wildman–Crippen MR) is 76.1 cm³/mol. The van der Waals surface area contributed by atoms with E-state index >= 15 is 0 Å². The Kier molecular flexibility index (Phi) is 3.41. The van der Waals surface area contributed by atoms with E-state index in [0.717, 1.165) is 20.5 Å². The van der Waals surface area contributed by atoms with Crippen molar-refractivity contribution in [1.29, 1.82) is 0 Å². The molecule has 0 unspecified atom stereocenters. The van der Waals surface area contributed by atoms with Gasteiger partial charge in [-0.25, -0.2) is 0 Å². The summed E-state index contributed by atoms with van der Waals surface area (Å²) in [6, 6.07) is 7.94. The van der Waals surface area contributed by atoms with E-state index in [1.807, 2.05) is 24.3 Å². The molecule has 88 valence electrons. The summed E-state index contributed by atoms with van der Waals surface area (Å²) in [5, 5.41) is 10.6. The number of thiophene rings is 1. The van der Waals surface area contributed by atoms with Gasteiger partial charge in [-0.05, 0) is 19.1 Å². The zero-order valence-corrected chi connectivity index (χ0v) is 10.8. The number of halogens is 1. The average molecular weight is 266 g/mol. The van der Waals surface area contributed by atoms with E-state index in [9.17, 15) is 5.11 Å². The van der Waals surface area contributed by atoms with Crippen molar-refractivity contribution in [3.05, 3.63) is 46.0 Å². The molecule has 0 saturated carbocycles. The Bertz CT molecular complexity index is 609. The minimum Gasteiger partial charge on any atom is -0.510 e. The van der Waals surface area contributed by atoms with Crippen molar-refractivity contribution in [2.45, 2.75) is 6.92 Å². The van der Waals surface area contributed by atoms with E-state index in [1.54, 1.807) is 24.3 Å². The Hall–Kier alpha value is -1.45. The molecule has 0 bridgehead atoms. The average Bonchev–Trinajstić information content (AvgIpc) is 2.66. The number of aliphatic hydroxyl groups excluding tert-OH is 1. The number of rotatable bonds is 2. The number of hydrogen-bond acceptors (Lipinski definition) is 3. The zero-order chi connectivity index (χ0) is 12.4. The first-order valence-electron chi connectivity index (χ1n) is 5.09. The van der Waals surface area contributed by atoms with Crippen LogP contribution in [0, 0.1) is 0 Å². The minimum atomic E-state index is 0.123. The summed E-state index contributed by atoms with van der Waals surface area (Å²) in [6.07, 6.45) is 1.79. The van der Waals surface area contributed by atoms with Crippen LogP contribution in [0.15, 0.2) is 35.6 Å². The Morgan fingerprint density at radius 3 is 2.76 bits per heavy atom. The van der Waals surface area contributed by atoms with Crippen LogP contribution in [0.5, 0.6) is 0 Å². The van der Waals surface area contributed by atoms with Crippen LogP contribution in [-0.2, 0) is 0 Å². The lowest BCUT2D eigenvalue weighted by atomic mass is 10.1. The first-order chi connectivity index (χ1) is 8.15. The molecule has 0 aliphatic carbocycles. The van der Waals surface area contributed by atoms with Gasteiger partial charge in [0.2, 0.25) is 0 Å². The summed E-state index contributed by atoms with van der Waals surface area (Å²) in [5.74, 6) is 0.123. The number of hydrogen-bond donors (Lipinski definition) is 2. The van der Waals surface area contributed by atoms with E-state index in [-0.39, 0.29) is 5.76 Å². The van der Waals surface area contributed by atoms with Gasteiger partial charge in [0, 0.05) is 26.1 Å². The molecule has 2 aromatic rings. The summed E-state index contributed by atoms with van der Waals surface area (Å²) < 4.78 is 1.12. The van der Waals surface area contributed by atoms with Crippen LogP contribution in [0.25, 0.3) is 21.9 Å². The van der Waals surface area contributed by atoms with Crippen molar-refractivity contribution in [1.82, 2.24) is 0 Å². The van der Waals surface area contributed by atoms with E-state index < -0.39 is 0 Å². The predicted octanol–water partition coefficient (Wildman–Crippen LogP) is 4.32. The normalized spacial score (nSPS) is 13.3. The lowest BCUT2D eigenvalue weighted by molar-refractivity contribution is 0.416. The molecule has 17 heavy (non-hydrogen) atoms. The fourth-order valence-electron chi connectivity index (χ4n) is 1.70. The zero-order valence-electron chi connectivity index (χ0n) is 9.27. The molecule has 3 N–H and O–H groups in total. The fourth-order valence-corrected chi connectivity index (χ4v) is 3.02. The molecule has 1 heterocycles. The molecule has 0 radical (unpaired) electrons. The van der Waals surface area contributed by atoms with Crippen LogP contribution in [0.2, 0.25) is 0 Å². The maximum atomic E-state index is 9.55. The van der Waals surface area contributed by atoms with Gasteiger partial charge in [-0.15, -0.1) is 11.3 Å². The molecule has 0 fully saturated rings. The van der Waals surface area contributed by atoms with Crippen molar-refractivity contribution in [2.75, 3.05) is 0 Å². The first-order valence-corrected chi connectivity index (χ1v) is 6.34. The van der Waals surface area contributed by atoms with Crippen molar-refractivity contribution >= 4 is 44.8 Å². The van der Waals surface area contributed by atoms with Crippen LogP contribution >= 0.6 is 22.9 Å². The van der Waals surface area contributed by atoms with Gasteiger partial charge >= 0.3 is 0 Å². The van der Waals surface area contributed by atoms with Gasteiger partial charge in [0.25, 0.3) is 0 Å². The fraction of sp³-hybridized carbons (Fsp3) is 0.0769. The van der Waals surface area contributed by atoms with E-state index in [4.69, 9.17) is 17.3 Å². The number of nitrogens with two attached hydrogens (primary N) is 1. The molecule has 0 atom stereocenters. The summed E-state index contributed by atoms with van der Waals surface area (Å²) in [7, 11) is 0. The second-order valence-corrected chi connectivity index (χ2v) is 4.96. The van der Waals surface area contributed by atoms with Crippen LogP contribution in [0.3, 0.4) is 0 Å². The van der Waals surface area contributed by atoms with Gasteiger partial charge in [0.05, 0.1) is 5.70 Å². The van der Waals surface area contributed by atoms with Crippen molar-refractivity contribution < 1.29 is 5.11 Å². The molecule has 4 heteroatoms. The summed E-state index contributed by atoms with van der Waals surface area (Å²) in [6.45, 7) is 1.58. The van der Waals surface area contributed by atoms with Crippen LogP contribution in [-0.4, -0.2) is 5.11 Å². The summed E-state index contributed by atoms with van der Waals surface area (Å²) in [5.41, 5.74) is 8.64. The van der Waals surface area contributed by atoms with Gasteiger partial charge in [-0.2, -0.15) is 0 Å². The Morgan fingerprint density at radius 2 is 2.12 bits per heavy atom. The van der Waals surface area contributed by atoms with Gasteiger partial charge in [0.1, 0.15) is 5.76 Å². The lowest BCUT2D eigenvalue weighted by Gasteiger charge is -2.03. The Labute approximate surface area is 109 Å². The number of fused-ring (bicyclic) bond motifs is 1. The maximum Gasteiger partial charge on any atom is 0.113 e. The SMILES string of the molecule is C/C(O)=C(/N)c1c(/C=C/Cl)sc2ccccc12. The second-order valence-electron chi connectivity index (χ2n) is 3.63. The monoisotopic (exact) mass is 265 g/mol. The van der Waals surface area contributed by atoms with E-state index in [2.05, 4.69) is 0 Å². The highest BCUT2D eigenvalue weighted by Gasteiger charge is 2.13. The largest absolute Gasteiger partial charge is 0.510 e. The molecular formula is C13H12ClNOS. The van der Waals surface area contributed by atoms with Crippen molar-refractivity contribution in [3.63, 3.8) is 0 Å². The standard InChI is InChI=1S/C13H12ClNOS/c1-8(16)13(15)12-9-4-2-3-5-10(9)17-11(12)6-7-14/h2-7,16H,15H2,1H3/b7-6+,13-8-. The quantitative estimate of drug-likeness (QED) is 0.795. The lowest BCUT2D eigenvalue weighted by Crippen LogP contribution is -2.00. The van der Waals surface area contributed by atoms with Crippen LogP contribution in [0.4, 0.5) is 0 Å². The van der Waals surface area contributed by atoms with Crippen LogP contribution in [0.1, 0.15) is 17.4 Å². The number of benzene rings is 1. The van der Waals surface area contributed by atoms with Crippen molar-refractivity contribution in [2.24, 2.45) is 5.73 Å². The third kappa shape index (κ3) is 2.16. The topological polar surface area (TPSA) is 46.2 Å². The van der Waals surface area contributed by atoms with Gasteiger partial charge in [-0.1, -0.05) is 29.8 Å².